The number of methoxy groups -OCH3 is 2. The summed E-state index contributed by atoms with van der Waals surface area (Å²) in [5.74, 6) is 1.00. The summed E-state index contributed by atoms with van der Waals surface area (Å²) in [4.78, 5) is 15.5. The number of anilines is 1. The monoisotopic (exact) mass is 545 g/mol. The molecular formula is C28H30F3N3O5. The second-order valence-corrected chi connectivity index (χ2v) is 9.63. The van der Waals surface area contributed by atoms with Crippen LogP contribution in [0.2, 0.25) is 0 Å². The molecule has 5 rings (SSSR count). The molecule has 2 aliphatic rings. The summed E-state index contributed by atoms with van der Waals surface area (Å²) < 4.78 is 60.0. The first-order valence-electron chi connectivity index (χ1n) is 12.8. The van der Waals surface area contributed by atoms with Gasteiger partial charge >= 0.3 is 6.18 Å². The molecule has 1 unspecified atom stereocenters. The van der Waals surface area contributed by atoms with E-state index in [0.717, 1.165) is 16.3 Å². The van der Waals surface area contributed by atoms with Crippen LogP contribution in [-0.2, 0) is 23.8 Å². The van der Waals surface area contributed by atoms with E-state index < -0.39 is 17.3 Å². The Morgan fingerprint density at radius 3 is 2.44 bits per heavy atom. The molecule has 208 valence electrons. The molecule has 3 aromatic rings. The van der Waals surface area contributed by atoms with Gasteiger partial charge in [-0.15, -0.1) is 0 Å². The van der Waals surface area contributed by atoms with Gasteiger partial charge < -0.3 is 24.2 Å². The molecule has 11 heteroatoms. The lowest BCUT2D eigenvalue weighted by atomic mass is 10.0. The molecule has 0 spiro atoms. The first-order chi connectivity index (χ1) is 18.7. The number of aliphatic hydroxyl groups excluding tert-OH is 1. The van der Waals surface area contributed by atoms with Crippen molar-refractivity contribution in [1.29, 1.82) is 0 Å². The molecule has 1 atom stereocenters. The smallest absolute Gasteiger partial charge is 0.418 e. The summed E-state index contributed by atoms with van der Waals surface area (Å²) in [6.45, 7) is 1.13. The van der Waals surface area contributed by atoms with E-state index in [2.05, 4.69) is 5.10 Å². The van der Waals surface area contributed by atoms with Crippen molar-refractivity contribution < 1.29 is 32.5 Å². The summed E-state index contributed by atoms with van der Waals surface area (Å²) in [5, 5.41) is 13.6. The first kappa shape index (κ1) is 27.0. The Labute approximate surface area is 223 Å². The van der Waals surface area contributed by atoms with Gasteiger partial charge in [-0.3, -0.25) is 4.79 Å². The number of aliphatic hydroxyl groups is 1. The standard InChI is InChI=1S/C28H30F3N3O5/c1-37-20-12-17(13-21(15-20)38-2)26-22-4-3-5-23(22)27(36)34(32-26)25-14-18(6-7-24(25)28(29,30)31)33-9-8-19(16-33)39-11-10-35/h6-7,12-15,19,35H,3-5,8-11,16H2,1-2H3. The van der Waals surface area contributed by atoms with Crippen LogP contribution in [-0.4, -0.2) is 61.5 Å². The van der Waals surface area contributed by atoms with E-state index in [-0.39, 0.29) is 25.0 Å². The number of hydrogen-bond acceptors (Lipinski definition) is 7. The van der Waals surface area contributed by atoms with E-state index in [1.54, 1.807) is 18.2 Å². The largest absolute Gasteiger partial charge is 0.497 e. The van der Waals surface area contributed by atoms with Gasteiger partial charge in [-0.05, 0) is 61.6 Å². The average Bonchev–Trinajstić information content (AvgIpc) is 3.61. The third-order valence-electron chi connectivity index (χ3n) is 7.25. The number of aromatic nitrogens is 2. The Balaban J connectivity index is 1.66. The molecule has 0 saturated carbocycles. The molecule has 1 aromatic heterocycles. The molecule has 1 aliphatic heterocycles. The van der Waals surface area contributed by atoms with E-state index >= 15 is 0 Å². The van der Waals surface area contributed by atoms with Gasteiger partial charge in [0.15, 0.2) is 0 Å². The fraction of sp³-hybridized carbons (Fsp3) is 0.429. The zero-order chi connectivity index (χ0) is 27.7. The molecule has 39 heavy (non-hydrogen) atoms. The molecule has 0 amide bonds. The van der Waals surface area contributed by atoms with Crippen LogP contribution in [0.15, 0.2) is 41.2 Å². The van der Waals surface area contributed by atoms with Crippen LogP contribution in [0.5, 0.6) is 11.5 Å². The van der Waals surface area contributed by atoms with Crippen LogP contribution in [0.4, 0.5) is 18.9 Å². The topological polar surface area (TPSA) is 86.1 Å². The van der Waals surface area contributed by atoms with Gasteiger partial charge in [0.05, 0.1) is 50.5 Å². The van der Waals surface area contributed by atoms with Gasteiger partial charge in [-0.1, -0.05) is 0 Å². The maximum atomic E-state index is 14.2. The van der Waals surface area contributed by atoms with Crippen molar-refractivity contribution in [2.75, 3.05) is 45.4 Å². The normalized spacial score (nSPS) is 17.0. The van der Waals surface area contributed by atoms with E-state index in [4.69, 9.17) is 19.3 Å². The number of benzene rings is 2. The molecule has 0 radical (unpaired) electrons. The van der Waals surface area contributed by atoms with E-state index in [9.17, 15) is 18.0 Å². The second-order valence-electron chi connectivity index (χ2n) is 9.63. The Hall–Kier alpha value is -3.57. The van der Waals surface area contributed by atoms with Gasteiger partial charge in [-0.2, -0.15) is 23.0 Å². The Kier molecular flexibility index (Phi) is 7.55. The van der Waals surface area contributed by atoms with Crippen LogP contribution in [0, 0.1) is 0 Å². The maximum Gasteiger partial charge on any atom is 0.418 e. The number of nitrogens with zero attached hydrogens (tertiary/aromatic N) is 3. The molecule has 1 N–H and O–H groups in total. The summed E-state index contributed by atoms with van der Waals surface area (Å²) in [6, 6.07) is 8.95. The van der Waals surface area contributed by atoms with Crippen LogP contribution >= 0.6 is 0 Å². The van der Waals surface area contributed by atoms with E-state index in [0.29, 0.717) is 72.8 Å². The van der Waals surface area contributed by atoms with Crippen LogP contribution in [0.1, 0.15) is 29.5 Å². The minimum atomic E-state index is -4.70. The van der Waals surface area contributed by atoms with Crippen molar-refractivity contribution in [2.45, 2.75) is 38.0 Å². The Morgan fingerprint density at radius 1 is 1.05 bits per heavy atom. The fourth-order valence-corrected chi connectivity index (χ4v) is 5.36. The van der Waals surface area contributed by atoms with Crippen molar-refractivity contribution in [2.24, 2.45) is 0 Å². The third-order valence-corrected chi connectivity index (χ3v) is 7.25. The number of alkyl halides is 3. The molecule has 2 heterocycles. The summed E-state index contributed by atoms with van der Waals surface area (Å²) in [5.41, 5.74) is 0.943. The van der Waals surface area contributed by atoms with Crippen molar-refractivity contribution in [3.05, 3.63) is 63.4 Å². The number of fused-ring (bicyclic) bond motifs is 1. The molecule has 1 aliphatic carbocycles. The molecule has 1 fully saturated rings. The minimum absolute atomic E-state index is 0.102. The molecule has 8 nitrogen and oxygen atoms in total. The van der Waals surface area contributed by atoms with Gasteiger partial charge in [0, 0.05) is 36.0 Å². The zero-order valence-corrected chi connectivity index (χ0v) is 21.8. The number of hydrogen-bond donors (Lipinski definition) is 1. The van der Waals surface area contributed by atoms with Crippen molar-refractivity contribution in [3.8, 4) is 28.4 Å². The average molecular weight is 546 g/mol. The fourth-order valence-electron chi connectivity index (χ4n) is 5.36. The molecule has 1 saturated heterocycles. The quantitative estimate of drug-likeness (QED) is 0.458. The van der Waals surface area contributed by atoms with Crippen LogP contribution in [0.3, 0.4) is 0 Å². The summed E-state index contributed by atoms with van der Waals surface area (Å²) >= 11 is 0. The third kappa shape index (κ3) is 5.33. The van der Waals surface area contributed by atoms with Gasteiger partial charge in [-0.25, -0.2) is 0 Å². The lowest BCUT2D eigenvalue weighted by Gasteiger charge is -2.22. The van der Waals surface area contributed by atoms with E-state index in [1.807, 2.05) is 4.90 Å². The first-order valence-corrected chi connectivity index (χ1v) is 12.8. The zero-order valence-electron chi connectivity index (χ0n) is 21.8. The lowest BCUT2D eigenvalue weighted by Crippen LogP contribution is -2.29. The predicted molar refractivity (Wildman–Crippen MR) is 139 cm³/mol. The van der Waals surface area contributed by atoms with E-state index in [1.165, 1.54) is 26.4 Å². The number of rotatable bonds is 8. The highest BCUT2D eigenvalue weighted by atomic mass is 19.4. The second kappa shape index (κ2) is 10.9. The summed E-state index contributed by atoms with van der Waals surface area (Å²) in [7, 11) is 3.02. The van der Waals surface area contributed by atoms with Gasteiger partial charge in [0.2, 0.25) is 0 Å². The highest BCUT2D eigenvalue weighted by Crippen LogP contribution is 2.38. The maximum absolute atomic E-state index is 14.2. The van der Waals surface area contributed by atoms with Gasteiger partial charge in [0.1, 0.15) is 11.5 Å². The number of halogens is 3. The summed E-state index contributed by atoms with van der Waals surface area (Å²) in [6.07, 6.45) is -2.40. The lowest BCUT2D eigenvalue weighted by molar-refractivity contribution is -0.137. The predicted octanol–water partition coefficient (Wildman–Crippen LogP) is 4.01. The Morgan fingerprint density at radius 2 is 1.77 bits per heavy atom. The van der Waals surface area contributed by atoms with Crippen molar-refractivity contribution in [1.82, 2.24) is 9.78 Å². The molecule has 0 bridgehead atoms. The van der Waals surface area contributed by atoms with Crippen molar-refractivity contribution >= 4 is 5.69 Å². The molecule has 2 aromatic carbocycles. The van der Waals surface area contributed by atoms with Crippen LogP contribution in [0.25, 0.3) is 16.9 Å². The highest BCUT2D eigenvalue weighted by Gasteiger charge is 2.36. The SMILES string of the molecule is COc1cc(OC)cc(-c2nn(-c3cc(N4CCC(OCCO)C4)ccc3C(F)(F)F)c(=O)c3c2CCC3)c1. The number of ether oxygens (including phenoxy) is 3. The Bertz CT molecular complexity index is 1400. The van der Waals surface area contributed by atoms with Crippen LogP contribution < -0.4 is 19.9 Å². The van der Waals surface area contributed by atoms with Gasteiger partial charge in [0.25, 0.3) is 5.56 Å². The van der Waals surface area contributed by atoms with Crippen molar-refractivity contribution in [3.63, 3.8) is 0 Å². The molecular weight excluding hydrogens is 515 g/mol. The highest BCUT2D eigenvalue weighted by molar-refractivity contribution is 5.69. The minimum Gasteiger partial charge on any atom is -0.497 e.